The van der Waals surface area contributed by atoms with Crippen molar-refractivity contribution in [1.82, 2.24) is 20.5 Å². The molecule has 1 aromatic carbocycles. The molecule has 1 aliphatic carbocycles. The van der Waals surface area contributed by atoms with Gasteiger partial charge in [-0.05, 0) is 49.0 Å². The van der Waals surface area contributed by atoms with Crippen LogP contribution in [0.2, 0.25) is 0 Å². The van der Waals surface area contributed by atoms with E-state index in [1.54, 1.807) is 18.0 Å². The Morgan fingerprint density at radius 1 is 1.18 bits per heavy atom. The van der Waals surface area contributed by atoms with Gasteiger partial charge in [0.15, 0.2) is 0 Å². The summed E-state index contributed by atoms with van der Waals surface area (Å²) in [5.41, 5.74) is -0.383. The molecular weight excluding hydrogens is 500 g/mol. The molecule has 5 rings (SSSR count). The van der Waals surface area contributed by atoms with E-state index in [0.29, 0.717) is 12.0 Å². The van der Waals surface area contributed by atoms with Crippen LogP contribution in [0.5, 0.6) is 0 Å². The number of hydrogen-bond acceptors (Lipinski definition) is 7. The van der Waals surface area contributed by atoms with Crippen molar-refractivity contribution in [2.45, 2.75) is 83.8 Å². The largest absolute Gasteiger partial charge is 0.433 e. The van der Waals surface area contributed by atoms with Crippen LogP contribution in [0.15, 0.2) is 36.5 Å². The molecular formula is C29H36N4O6. The van der Waals surface area contributed by atoms with Crippen molar-refractivity contribution in [3.05, 3.63) is 42.2 Å². The van der Waals surface area contributed by atoms with Crippen molar-refractivity contribution in [3.8, 4) is 0 Å². The smallest absolute Gasteiger partial charge is 0.310 e. The first-order chi connectivity index (χ1) is 18.6. The van der Waals surface area contributed by atoms with Gasteiger partial charge in [0, 0.05) is 24.2 Å². The second-order valence-electron chi connectivity index (χ2n) is 11.7. The van der Waals surface area contributed by atoms with Crippen LogP contribution < -0.4 is 10.6 Å². The third-order valence-electron chi connectivity index (χ3n) is 8.01. The Labute approximate surface area is 227 Å². The molecule has 0 radical (unpaired) electrons. The SMILES string of the molecule is CCO[C@H]1OC(=O)CC1NC(=O)C1[C@H]2CCC(C2)N1C(=O)[C@@H](NC(=O)c1nccc2ccccc12)C(C)(C)C. The van der Waals surface area contributed by atoms with Gasteiger partial charge < -0.3 is 25.0 Å². The molecule has 10 heteroatoms. The lowest BCUT2D eigenvalue weighted by molar-refractivity contribution is -0.165. The average molecular weight is 537 g/mol. The average Bonchev–Trinajstić information content (AvgIpc) is 3.60. The number of ether oxygens (including phenoxy) is 2. The van der Waals surface area contributed by atoms with Gasteiger partial charge in [0.25, 0.3) is 5.91 Å². The molecule has 2 N–H and O–H groups in total. The quantitative estimate of drug-likeness (QED) is 0.521. The molecule has 39 heavy (non-hydrogen) atoms. The summed E-state index contributed by atoms with van der Waals surface area (Å²) in [7, 11) is 0. The number of esters is 1. The molecule has 3 fully saturated rings. The fraction of sp³-hybridized carbons (Fsp3) is 0.552. The van der Waals surface area contributed by atoms with Crippen LogP contribution >= 0.6 is 0 Å². The molecule has 1 aromatic heterocycles. The normalized spacial score (nSPS) is 26.9. The minimum atomic E-state index is -0.881. The number of cyclic esters (lactones) is 1. The predicted octanol–water partition coefficient (Wildman–Crippen LogP) is 2.55. The molecule has 208 valence electrons. The van der Waals surface area contributed by atoms with Crippen molar-refractivity contribution in [2.75, 3.05) is 6.61 Å². The summed E-state index contributed by atoms with van der Waals surface area (Å²) in [6.07, 6.45) is 3.14. The molecule has 3 amide bonds. The molecule has 6 atom stereocenters. The zero-order valence-corrected chi connectivity index (χ0v) is 22.8. The molecule has 2 aromatic rings. The zero-order valence-electron chi connectivity index (χ0n) is 22.8. The number of likely N-dealkylation sites (tertiary alicyclic amines) is 1. The monoisotopic (exact) mass is 536 g/mol. The standard InChI is InChI=1S/C29H36N4O6/c1-5-38-28-20(15-21(34)39-28)31-26(36)23-17-10-11-18(14-17)33(23)27(37)24(29(2,3)4)32-25(35)22-19-9-7-6-8-16(19)12-13-30-22/h6-9,12-13,17-18,20,23-24,28H,5,10-11,14-15H2,1-4H3,(H,31,36)(H,32,35)/t17-,18?,20?,23?,24+,28-/m0/s1. The molecule has 2 bridgehead atoms. The third-order valence-corrected chi connectivity index (χ3v) is 8.01. The maximum Gasteiger partial charge on any atom is 0.310 e. The number of rotatable bonds is 7. The highest BCUT2D eigenvalue weighted by Gasteiger charge is 2.54. The third kappa shape index (κ3) is 5.22. The summed E-state index contributed by atoms with van der Waals surface area (Å²) in [4.78, 5) is 59.1. The second kappa shape index (κ2) is 10.6. The van der Waals surface area contributed by atoms with Gasteiger partial charge in [0.2, 0.25) is 18.1 Å². The summed E-state index contributed by atoms with van der Waals surface area (Å²) < 4.78 is 10.7. The molecule has 2 aliphatic heterocycles. The molecule has 2 saturated heterocycles. The van der Waals surface area contributed by atoms with Crippen LogP contribution in [-0.4, -0.2) is 70.6 Å². The number of nitrogens with one attached hydrogen (secondary N) is 2. The fourth-order valence-corrected chi connectivity index (χ4v) is 6.18. The van der Waals surface area contributed by atoms with Crippen molar-refractivity contribution in [1.29, 1.82) is 0 Å². The Hall–Kier alpha value is -3.53. The van der Waals surface area contributed by atoms with E-state index in [-0.39, 0.29) is 35.9 Å². The summed E-state index contributed by atoms with van der Waals surface area (Å²) >= 11 is 0. The fourth-order valence-electron chi connectivity index (χ4n) is 6.18. The van der Waals surface area contributed by atoms with E-state index in [1.165, 1.54) is 0 Å². The van der Waals surface area contributed by atoms with E-state index < -0.39 is 41.7 Å². The minimum absolute atomic E-state index is 0.0126. The van der Waals surface area contributed by atoms with Gasteiger partial charge in [-0.3, -0.25) is 24.2 Å². The first-order valence-corrected chi connectivity index (χ1v) is 13.7. The van der Waals surface area contributed by atoms with Gasteiger partial charge in [0.1, 0.15) is 23.8 Å². The van der Waals surface area contributed by atoms with Gasteiger partial charge in [-0.2, -0.15) is 0 Å². The first kappa shape index (κ1) is 27.1. The highest BCUT2D eigenvalue weighted by molar-refractivity contribution is 6.06. The van der Waals surface area contributed by atoms with Crippen molar-refractivity contribution >= 4 is 34.5 Å². The highest BCUT2D eigenvalue weighted by Crippen LogP contribution is 2.44. The summed E-state index contributed by atoms with van der Waals surface area (Å²) in [6.45, 7) is 7.80. The molecule has 3 aliphatic rings. The maximum absolute atomic E-state index is 14.2. The second-order valence-corrected chi connectivity index (χ2v) is 11.7. The van der Waals surface area contributed by atoms with E-state index in [2.05, 4.69) is 15.6 Å². The van der Waals surface area contributed by atoms with Gasteiger partial charge in [-0.15, -0.1) is 0 Å². The number of pyridine rings is 1. The van der Waals surface area contributed by atoms with Crippen LogP contribution in [0.25, 0.3) is 10.8 Å². The lowest BCUT2D eigenvalue weighted by atomic mass is 9.84. The topological polar surface area (TPSA) is 127 Å². The van der Waals surface area contributed by atoms with Crippen molar-refractivity contribution < 1.29 is 28.7 Å². The molecule has 10 nitrogen and oxygen atoms in total. The summed E-state index contributed by atoms with van der Waals surface area (Å²) in [5.74, 6) is -1.47. The van der Waals surface area contributed by atoms with Crippen molar-refractivity contribution in [2.24, 2.45) is 11.3 Å². The first-order valence-electron chi connectivity index (χ1n) is 13.7. The van der Waals surface area contributed by atoms with Gasteiger partial charge in [0.05, 0.1) is 6.42 Å². The Morgan fingerprint density at radius 2 is 1.95 bits per heavy atom. The van der Waals surface area contributed by atoms with Crippen LogP contribution in [0.4, 0.5) is 0 Å². The zero-order chi connectivity index (χ0) is 27.9. The van der Waals surface area contributed by atoms with E-state index in [9.17, 15) is 19.2 Å². The Morgan fingerprint density at radius 3 is 2.69 bits per heavy atom. The van der Waals surface area contributed by atoms with Crippen LogP contribution in [0.1, 0.15) is 63.9 Å². The number of fused-ring (bicyclic) bond motifs is 3. The lowest BCUT2D eigenvalue weighted by Gasteiger charge is -2.40. The number of benzene rings is 1. The van der Waals surface area contributed by atoms with Gasteiger partial charge >= 0.3 is 5.97 Å². The van der Waals surface area contributed by atoms with Crippen LogP contribution in [0, 0.1) is 11.3 Å². The molecule has 3 heterocycles. The van der Waals surface area contributed by atoms with E-state index in [0.717, 1.165) is 24.6 Å². The van der Waals surface area contributed by atoms with Crippen molar-refractivity contribution in [3.63, 3.8) is 0 Å². The summed E-state index contributed by atoms with van der Waals surface area (Å²) in [5, 5.41) is 7.45. The number of carbonyl (C=O) groups excluding carboxylic acids is 4. The number of amides is 3. The summed E-state index contributed by atoms with van der Waals surface area (Å²) in [6, 6.07) is 7.04. The number of carbonyl (C=O) groups is 4. The maximum atomic E-state index is 14.2. The molecule has 3 unspecified atom stereocenters. The number of piperidine rings is 1. The van der Waals surface area contributed by atoms with Crippen LogP contribution in [0.3, 0.4) is 0 Å². The predicted molar refractivity (Wildman–Crippen MR) is 142 cm³/mol. The van der Waals surface area contributed by atoms with E-state index in [1.807, 2.05) is 51.1 Å². The van der Waals surface area contributed by atoms with Gasteiger partial charge in [-0.25, -0.2) is 0 Å². The Balaban J connectivity index is 1.38. The molecule has 0 spiro atoms. The number of nitrogens with zero attached hydrogens (tertiary/aromatic N) is 2. The number of hydrogen-bond donors (Lipinski definition) is 2. The van der Waals surface area contributed by atoms with Crippen LogP contribution in [-0.2, 0) is 23.9 Å². The lowest BCUT2D eigenvalue weighted by Crippen LogP contribution is -2.62. The van der Waals surface area contributed by atoms with E-state index in [4.69, 9.17) is 9.47 Å². The highest BCUT2D eigenvalue weighted by atomic mass is 16.7. The van der Waals surface area contributed by atoms with Gasteiger partial charge in [-0.1, -0.05) is 45.0 Å². The minimum Gasteiger partial charge on any atom is -0.433 e. The number of aromatic nitrogens is 1. The van der Waals surface area contributed by atoms with E-state index >= 15 is 0 Å². The Bertz CT molecular complexity index is 1280. The Kier molecular flexibility index (Phi) is 7.33. The molecule has 1 saturated carbocycles.